The average Bonchev–Trinajstić information content (AvgIpc) is 2.85. The lowest BCUT2D eigenvalue weighted by atomic mass is 9.88. The highest BCUT2D eigenvalue weighted by Crippen LogP contribution is 2.30. The molecule has 0 heterocycles. The van der Waals surface area contributed by atoms with E-state index in [1.54, 1.807) is 24.3 Å². The monoisotopic (exact) mass is 389 g/mol. The normalized spacial score (nSPS) is 16.9. The first-order valence-corrected chi connectivity index (χ1v) is 10.2. The Morgan fingerprint density at radius 1 is 1.11 bits per heavy atom. The van der Waals surface area contributed by atoms with Crippen LogP contribution in [0.25, 0.3) is 0 Å². The number of nitrogens with one attached hydrogen (secondary N) is 2. The number of nitrogens with zero attached hydrogens (tertiary/aromatic N) is 1. The number of ether oxygens (including phenoxy) is 1. The second-order valence-corrected chi connectivity index (χ2v) is 8.92. The zero-order chi connectivity index (χ0) is 20.8. The molecule has 1 fully saturated rings. The summed E-state index contributed by atoms with van der Waals surface area (Å²) in [6.07, 6.45) is 6.59. The van der Waals surface area contributed by atoms with Crippen LogP contribution in [0.3, 0.4) is 0 Å². The van der Waals surface area contributed by atoms with Crippen LogP contribution in [-0.4, -0.2) is 48.7 Å². The smallest absolute Gasteiger partial charge is 0.412 e. The summed E-state index contributed by atoms with van der Waals surface area (Å²) in [5.41, 5.74) is 0.506. The van der Waals surface area contributed by atoms with Crippen molar-refractivity contribution in [3.8, 4) is 0 Å². The molecular formula is C22H35N3O3. The van der Waals surface area contributed by atoms with Gasteiger partial charge < -0.3 is 15.0 Å². The molecule has 2 amide bonds. The van der Waals surface area contributed by atoms with Crippen LogP contribution in [-0.2, 0) is 4.74 Å². The van der Waals surface area contributed by atoms with Gasteiger partial charge in [-0.15, -0.1) is 0 Å². The molecule has 0 radical (unpaired) electrons. The van der Waals surface area contributed by atoms with Gasteiger partial charge in [-0.3, -0.25) is 10.1 Å². The van der Waals surface area contributed by atoms with Crippen LogP contribution < -0.4 is 10.6 Å². The molecule has 0 aromatic heterocycles. The number of carbonyl (C=O) groups excluding carboxylic acids is 2. The molecule has 1 aliphatic rings. The van der Waals surface area contributed by atoms with Crippen LogP contribution in [0.1, 0.15) is 69.7 Å². The lowest BCUT2D eigenvalue weighted by Crippen LogP contribution is -2.52. The Morgan fingerprint density at radius 2 is 1.75 bits per heavy atom. The van der Waals surface area contributed by atoms with Crippen molar-refractivity contribution in [2.24, 2.45) is 0 Å². The molecule has 0 aliphatic heterocycles. The minimum absolute atomic E-state index is 0.0124. The number of likely N-dealkylation sites (N-methyl/N-ethyl adjacent to an activating group) is 1. The number of hydrogen-bond acceptors (Lipinski definition) is 4. The number of hydrogen-bond donors (Lipinski definition) is 2. The van der Waals surface area contributed by atoms with Crippen LogP contribution in [0, 0.1) is 0 Å². The van der Waals surface area contributed by atoms with Gasteiger partial charge in [-0.25, -0.2) is 4.79 Å². The highest BCUT2D eigenvalue weighted by molar-refractivity contribution is 5.96. The minimum atomic E-state index is -0.571. The third-order valence-corrected chi connectivity index (χ3v) is 5.33. The largest absolute Gasteiger partial charge is 0.444 e. The van der Waals surface area contributed by atoms with Crippen molar-refractivity contribution >= 4 is 17.7 Å². The molecule has 6 nitrogen and oxygen atoms in total. The summed E-state index contributed by atoms with van der Waals surface area (Å²) in [5, 5.41) is 5.80. The van der Waals surface area contributed by atoms with Crippen molar-refractivity contribution in [1.29, 1.82) is 0 Å². The van der Waals surface area contributed by atoms with E-state index in [0.717, 1.165) is 12.8 Å². The fourth-order valence-corrected chi connectivity index (χ4v) is 3.68. The molecule has 2 N–H and O–H groups in total. The lowest BCUT2D eigenvalue weighted by Gasteiger charge is -2.39. The Morgan fingerprint density at radius 3 is 2.32 bits per heavy atom. The predicted octanol–water partition coefficient (Wildman–Crippen LogP) is 4.42. The van der Waals surface area contributed by atoms with E-state index in [1.165, 1.54) is 25.7 Å². The van der Waals surface area contributed by atoms with E-state index in [-0.39, 0.29) is 11.4 Å². The molecule has 0 spiro atoms. The molecule has 0 bridgehead atoms. The fourth-order valence-electron chi connectivity index (χ4n) is 3.68. The van der Waals surface area contributed by atoms with Gasteiger partial charge >= 0.3 is 6.09 Å². The first kappa shape index (κ1) is 22.2. The molecule has 156 valence electrons. The zero-order valence-electron chi connectivity index (χ0n) is 17.9. The van der Waals surface area contributed by atoms with Gasteiger partial charge in [-0.05, 0) is 65.9 Å². The highest BCUT2D eigenvalue weighted by Gasteiger charge is 2.33. The molecule has 1 saturated carbocycles. The van der Waals surface area contributed by atoms with Crippen molar-refractivity contribution in [2.75, 3.05) is 26.0 Å². The number of carbonyl (C=O) groups is 2. The van der Waals surface area contributed by atoms with E-state index >= 15 is 0 Å². The maximum atomic E-state index is 12.7. The van der Waals surface area contributed by atoms with Gasteiger partial charge in [-0.2, -0.15) is 0 Å². The predicted molar refractivity (Wildman–Crippen MR) is 113 cm³/mol. The van der Waals surface area contributed by atoms with Gasteiger partial charge in [0, 0.05) is 23.3 Å². The van der Waals surface area contributed by atoms with Gasteiger partial charge in [0.05, 0.1) is 0 Å². The fraction of sp³-hybridized carbons (Fsp3) is 0.636. The maximum absolute atomic E-state index is 12.7. The van der Waals surface area contributed by atoms with Crippen molar-refractivity contribution in [1.82, 2.24) is 10.2 Å². The van der Waals surface area contributed by atoms with Gasteiger partial charge in [0.1, 0.15) is 5.60 Å². The van der Waals surface area contributed by atoms with Gasteiger partial charge in [0.2, 0.25) is 0 Å². The third-order valence-electron chi connectivity index (χ3n) is 5.33. The summed E-state index contributed by atoms with van der Waals surface area (Å²) in [4.78, 5) is 26.9. The van der Waals surface area contributed by atoms with Crippen LogP contribution in [0.5, 0.6) is 0 Å². The van der Waals surface area contributed by atoms with Crippen LogP contribution in [0.15, 0.2) is 24.3 Å². The van der Waals surface area contributed by atoms with Crippen LogP contribution in [0.4, 0.5) is 10.5 Å². The van der Waals surface area contributed by atoms with Gasteiger partial charge in [0.15, 0.2) is 0 Å². The Labute approximate surface area is 169 Å². The Hall–Kier alpha value is -2.08. The first-order valence-electron chi connectivity index (χ1n) is 10.2. The molecule has 0 saturated heterocycles. The molecule has 1 aromatic rings. The molecular weight excluding hydrogens is 354 g/mol. The summed E-state index contributed by atoms with van der Waals surface area (Å²) in [5.74, 6) is -0.127. The molecule has 2 rings (SSSR count). The average molecular weight is 390 g/mol. The number of anilines is 1. The molecule has 28 heavy (non-hydrogen) atoms. The highest BCUT2D eigenvalue weighted by atomic mass is 16.6. The number of amides is 2. The van der Waals surface area contributed by atoms with Crippen LogP contribution >= 0.6 is 0 Å². The molecule has 1 aromatic carbocycles. The second kappa shape index (κ2) is 9.41. The number of benzene rings is 1. The third kappa shape index (κ3) is 6.51. The molecule has 1 aliphatic carbocycles. The van der Waals surface area contributed by atoms with Crippen LogP contribution in [0.2, 0.25) is 0 Å². The van der Waals surface area contributed by atoms with Gasteiger partial charge in [-0.1, -0.05) is 31.7 Å². The summed E-state index contributed by atoms with van der Waals surface area (Å²) < 4.78 is 5.26. The van der Waals surface area contributed by atoms with Gasteiger partial charge in [0.25, 0.3) is 5.91 Å². The summed E-state index contributed by atoms with van der Waals surface area (Å²) in [6, 6.07) is 6.93. The summed E-state index contributed by atoms with van der Waals surface area (Å²) >= 11 is 0. The standard InChI is InChI=1S/C22H35N3O3/c1-21(2,3)28-20(27)24-18-12-10-11-17(15-18)19(26)23-16-22(25(4)5)13-8-6-7-9-14-22/h10-12,15H,6-9,13-14,16H2,1-5H3,(H,23,26)(H,24,27). The Kier molecular flexibility index (Phi) is 7.47. The van der Waals surface area contributed by atoms with Crippen molar-refractivity contribution < 1.29 is 14.3 Å². The van der Waals surface area contributed by atoms with E-state index in [4.69, 9.17) is 4.74 Å². The van der Waals surface area contributed by atoms with E-state index in [0.29, 0.717) is 17.8 Å². The number of rotatable bonds is 5. The van der Waals surface area contributed by atoms with E-state index in [2.05, 4.69) is 29.6 Å². The topological polar surface area (TPSA) is 70.7 Å². The summed E-state index contributed by atoms with van der Waals surface area (Å²) in [6.45, 7) is 6.06. The minimum Gasteiger partial charge on any atom is -0.444 e. The van der Waals surface area contributed by atoms with E-state index in [9.17, 15) is 9.59 Å². The van der Waals surface area contributed by atoms with E-state index < -0.39 is 11.7 Å². The molecule has 0 unspecified atom stereocenters. The van der Waals surface area contributed by atoms with E-state index in [1.807, 2.05) is 20.8 Å². The van der Waals surface area contributed by atoms with Crippen molar-refractivity contribution in [2.45, 2.75) is 70.4 Å². The maximum Gasteiger partial charge on any atom is 0.412 e. The molecule has 6 heteroatoms. The summed E-state index contributed by atoms with van der Waals surface area (Å²) in [7, 11) is 4.20. The Bertz CT molecular complexity index is 672. The quantitative estimate of drug-likeness (QED) is 0.732. The molecule has 0 atom stereocenters. The van der Waals surface area contributed by atoms with Crippen molar-refractivity contribution in [3.63, 3.8) is 0 Å². The first-order chi connectivity index (χ1) is 13.1. The second-order valence-electron chi connectivity index (χ2n) is 8.92. The zero-order valence-corrected chi connectivity index (χ0v) is 17.9. The Balaban J connectivity index is 2.01. The lowest BCUT2D eigenvalue weighted by molar-refractivity contribution is 0.0635. The SMILES string of the molecule is CN(C)C1(CNC(=O)c2cccc(NC(=O)OC(C)(C)C)c2)CCCCCC1. The van der Waals surface area contributed by atoms with Crippen molar-refractivity contribution in [3.05, 3.63) is 29.8 Å².